The van der Waals surface area contributed by atoms with Gasteiger partial charge in [-0.2, -0.15) is 0 Å². The van der Waals surface area contributed by atoms with Crippen LogP contribution < -0.4 is 10.6 Å². The van der Waals surface area contributed by atoms with Crippen molar-refractivity contribution in [3.8, 4) is 0 Å². The second-order valence-corrected chi connectivity index (χ2v) is 4.43. The van der Waals surface area contributed by atoms with Crippen molar-refractivity contribution in [2.75, 3.05) is 25.5 Å². The number of anilines is 1. The number of hydrogen-bond acceptors (Lipinski definition) is 4. The molecule has 0 radical (unpaired) electrons. The maximum atomic E-state index is 12.3. The van der Waals surface area contributed by atoms with E-state index in [1.807, 2.05) is 19.1 Å². The van der Waals surface area contributed by atoms with Crippen LogP contribution >= 0.6 is 0 Å². The summed E-state index contributed by atoms with van der Waals surface area (Å²) in [7, 11) is 1.72. The van der Waals surface area contributed by atoms with E-state index in [4.69, 9.17) is 0 Å². The van der Waals surface area contributed by atoms with E-state index in [9.17, 15) is 14.4 Å². The molecule has 0 saturated carbocycles. The molecule has 0 bridgehead atoms. The molecule has 1 fully saturated rings. The highest BCUT2D eigenvalue weighted by Crippen LogP contribution is 2.19. The molecule has 0 spiro atoms. The van der Waals surface area contributed by atoms with E-state index >= 15 is 0 Å². The smallest absolute Gasteiger partial charge is 0.256 e. The number of benzene rings is 1. The van der Waals surface area contributed by atoms with Gasteiger partial charge >= 0.3 is 0 Å². The van der Waals surface area contributed by atoms with Gasteiger partial charge in [0.2, 0.25) is 11.8 Å². The summed E-state index contributed by atoms with van der Waals surface area (Å²) in [5.41, 5.74) is 2.16. The number of amides is 3. The van der Waals surface area contributed by atoms with Gasteiger partial charge in [-0.1, -0.05) is 6.07 Å². The molecule has 3 amide bonds. The van der Waals surface area contributed by atoms with Crippen molar-refractivity contribution in [2.24, 2.45) is 0 Å². The molecule has 2 N–H and O–H groups in total. The van der Waals surface area contributed by atoms with Crippen LogP contribution in [0.15, 0.2) is 18.2 Å². The number of nitrogens with zero attached hydrogens (tertiary/aromatic N) is 1. The largest absolute Gasteiger partial charge is 0.387 e. The molecule has 2 rings (SSSR count). The first-order valence-corrected chi connectivity index (χ1v) is 5.91. The lowest BCUT2D eigenvalue weighted by molar-refractivity contribution is -0.135. The number of aryl methyl sites for hydroxylation is 1. The molecule has 1 heterocycles. The van der Waals surface area contributed by atoms with Crippen LogP contribution in [0.1, 0.15) is 15.9 Å². The van der Waals surface area contributed by atoms with Crippen LogP contribution in [0.3, 0.4) is 0 Å². The molecule has 6 heteroatoms. The fourth-order valence-corrected chi connectivity index (χ4v) is 2.00. The number of hydrogen-bond donors (Lipinski definition) is 2. The molecule has 1 aromatic carbocycles. The van der Waals surface area contributed by atoms with Crippen LogP contribution in [0.4, 0.5) is 5.69 Å². The van der Waals surface area contributed by atoms with E-state index < -0.39 is 11.8 Å². The average molecular weight is 261 g/mol. The average Bonchev–Trinajstić information content (AvgIpc) is 2.36. The van der Waals surface area contributed by atoms with E-state index in [1.54, 1.807) is 13.1 Å². The molecule has 6 nitrogen and oxygen atoms in total. The molecule has 0 aromatic heterocycles. The first kappa shape index (κ1) is 13.1. The van der Waals surface area contributed by atoms with Gasteiger partial charge in [0.25, 0.3) is 5.91 Å². The number of piperazine rings is 1. The highest BCUT2D eigenvalue weighted by Gasteiger charge is 2.28. The molecule has 1 aliphatic heterocycles. The van der Waals surface area contributed by atoms with Crippen LogP contribution in [0, 0.1) is 6.92 Å². The first-order chi connectivity index (χ1) is 9.01. The predicted molar refractivity (Wildman–Crippen MR) is 69.8 cm³/mol. The summed E-state index contributed by atoms with van der Waals surface area (Å²) < 4.78 is 0. The van der Waals surface area contributed by atoms with E-state index in [2.05, 4.69) is 10.6 Å². The summed E-state index contributed by atoms with van der Waals surface area (Å²) >= 11 is 0. The van der Waals surface area contributed by atoms with E-state index in [-0.39, 0.29) is 19.0 Å². The second kappa shape index (κ2) is 5.09. The highest BCUT2D eigenvalue weighted by molar-refractivity contribution is 6.07. The lowest BCUT2D eigenvalue weighted by atomic mass is 10.1. The maximum Gasteiger partial charge on any atom is 0.256 e. The SMILES string of the molecule is CNc1cc(C)ccc1C(=O)N1CC(=O)NC(=O)C1. The van der Waals surface area contributed by atoms with E-state index in [0.29, 0.717) is 11.3 Å². The molecule has 1 aromatic rings. The van der Waals surface area contributed by atoms with E-state index in [1.165, 1.54) is 4.90 Å². The quantitative estimate of drug-likeness (QED) is 0.742. The Bertz CT molecular complexity index is 538. The van der Waals surface area contributed by atoms with Gasteiger partial charge in [-0.3, -0.25) is 19.7 Å². The topological polar surface area (TPSA) is 78.5 Å². The van der Waals surface area contributed by atoms with Crippen molar-refractivity contribution in [1.29, 1.82) is 0 Å². The third-order valence-corrected chi connectivity index (χ3v) is 2.91. The Morgan fingerprint density at radius 2 is 1.89 bits per heavy atom. The Morgan fingerprint density at radius 1 is 1.26 bits per heavy atom. The van der Waals surface area contributed by atoms with Gasteiger partial charge in [0.05, 0.1) is 5.56 Å². The summed E-state index contributed by atoms with van der Waals surface area (Å²) in [4.78, 5) is 36.2. The lowest BCUT2D eigenvalue weighted by Gasteiger charge is -2.26. The fraction of sp³-hybridized carbons (Fsp3) is 0.308. The minimum Gasteiger partial charge on any atom is -0.387 e. The van der Waals surface area contributed by atoms with E-state index in [0.717, 1.165) is 5.56 Å². The Kier molecular flexibility index (Phi) is 3.50. The van der Waals surface area contributed by atoms with Gasteiger partial charge in [0.15, 0.2) is 0 Å². The third-order valence-electron chi connectivity index (χ3n) is 2.91. The molecular weight excluding hydrogens is 246 g/mol. The Hall–Kier alpha value is -2.37. The van der Waals surface area contributed by atoms with Crippen molar-refractivity contribution in [3.63, 3.8) is 0 Å². The number of carbonyl (C=O) groups is 3. The standard InChI is InChI=1S/C13H15N3O3/c1-8-3-4-9(10(5-8)14-2)13(19)16-6-11(17)15-12(18)7-16/h3-5,14H,6-7H2,1-2H3,(H,15,17,18). The van der Waals surface area contributed by atoms with Gasteiger partial charge in [0.1, 0.15) is 13.1 Å². The summed E-state index contributed by atoms with van der Waals surface area (Å²) in [5, 5.41) is 5.11. The van der Waals surface area contributed by atoms with Gasteiger partial charge in [-0.05, 0) is 24.6 Å². The number of imide groups is 1. The van der Waals surface area contributed by atoms with Gasteiger partial charge in [0, 0.05) is 12.7 Å². The van der Waals surface area contributed by atoms with Crippen LogP contribution in [-0.2, 0) is 9.59 Å². The Balaban J connectivity index is 2.28. The highest BCUT2D eigenvalue weighted by atomic mass is 16.2. The van der Waals surface area contributed by atoms with Crippen molar-refractivity contribution in [2.45, 2.75) is 6.92 Å². The van der Waals surface area contributed by atoms with Crippen molar-refractivity contribution >= 4 is 23.4 Å². The minimum atomic E-state index is -0.456. The van der Waals surface area contributed by atoms with Gasteiger partial charge in [-0.15, -0.1) is 0 Å². The summed E-state index contributed by atoms with van der Waals surface area (Å²) in [6, 6.07) is 5.36. The van der Waals surface area contributed by atoms with Crippen LogP contribution in [0.25, 0.3) is 0 Å². The zero-order valence-electron chi connectivity index (χ0n) is 10.8. The lowest BCUT2D eigenvalue weighted by Crippen LogP contribution is -2.53. The van der Waals surface area contributed by atoms with Crippen molar-refractivity contribution in [3.05, 3.63) is 29.3 Å². The zero-order valence-corrected chi connectivity index (χ0v) is 10.8. The molecule has 1 saturated heterocycles. The zero-order chi connectivity index (χ0) is 14.0. The third kappa shape index (κ3) is 2.73. The summed E-state index contributed by atoms with van der Waals surface area (Å²) in [6.07, 6.45) is 0. The molecule has 0 unspecified atom stereocenters. The molecule has 0 aliphatic carbocycles. The van der Waals surface area contributed by atoms with Gasteiger partial charge < -0.3 is 10.2 Å². The van der Waals surface area contributed by atoms with Crippen LogP contribution in [0.5, 0.6) is 0 Å². The second-order valence-electron chi connectivity index (χ2n) is 4.43. The predicted octanol–water partition coefficient (Wildman–Crippen LogP) is 0.135. The van der Waals surface area contributed by atoms with Crippen molar-refractivity contribution in [1.82, 2.24) is 10.2 Å². The normalized spacial score (nSPS) is 15.2. The fourth-order valence-electron chi connectivity index (χ4n) is 2.00. The summed E-state index contributed by atoms with van der Waals surface area (Å²) in [6.45, 7) is 1.73. The molecule has 100 valence electrons. The minimum absolute atomic E-state index is 0.0956. The number of carbonyl (C=O) groups excluding carboxylic acids is 3. The number of nitrogens with one attached hydrogen (secondary N) is 2. The Labute approximate surface area is 110 Å². The van der Waals surface area contributed by atoms with Crippen molar-refractivity contribution < 1.29 is 14.4 Å². The first-order valence-electron chi connectivity index (χ1n) is 5.91. The molecule has 0 atom stereocenters. The monoisotopic (exact) mass is 261 g/mol. The molecule has 19 heavy (non-hydrogen) atoms. The summed E-state index contributed by atoms with van der Waals surface area (Å²) in [5.74, 6) is -1.24. The van der Waals surface area contributed by atoms with Crippen LogP contribution in [0.2, 0.25) is 0 Å². The maximum absolute atomic E-state index is 12.3. The van der Waals surface area contributed by atoms with Crippen LogP contribution in [-0.4, -0.2) is 42.8 Å². The van der Waals surface area contributed by atoms with Gasteiger partial charge in [-0.25, -0.2) is 0 Å². The Morgan fingerprint density at radius 3 is 2.47 bits per heavy atom. The molecular formula is C13H15N3O3. The number of rotatable bonds is 2. The molecule has 1 aliphatic rings.